The van der Waals surface area contributed by atoms with Gasteiger partial charge in [-0.25, -0.2) is 0 Å². The molecule has 0 bridgehead atoms. The maximum atomic E-state index is 6.51. The van der Waals surface area contributed by atoms with Gasteiger partial charge in [0.05, 0.1) is 0 Å². The second kappa shape index (κ2) is 5.01. The number of rotatable bonds is 1. The first kappa shape index (κ1) is 11.8. The van der Waals surface area contributed by atoms with Crippen LogP contribution in [0.1, 0.15) is 32.9 Å². The summed E-state index contributed by atoms with van der Waals surface area (Å²) in [5, 5.41) is 6.51. The molecule has 2 heterocycles. The minimum absolute atomic E-state index is 0.193. The van der Waals surface area contributed by atoms with E-state index in [0.717, 1.165) is 6.40 Å². The van der Waals surface area contributed by atoms with Gasteiger partial charge in [0.25, 0.3) is 0 Å². The van der Waals surface area contributed by atoms with E-state index in [4.69, 9.17) is 10.1 Å². The summed E-state index contributed by atoms with van der Waals surface area (Å²) in [5.41, 5.74) is 1.31. The van der Waals surface area contributed by atoms with Gasteiger partial charge in [0.2, 0.25) is 0 Å². The normalized spacial score (nSPS) is 13.8. The molecular weight excluding hydrogens is 188 g/mol. The predicted molar refractivity (Wildman–Crippen MR) is 62.4 cm³/mol. The third-order valence-electron chi connectivity index (χ3n) is 2.17. The predicted octanol–water partition coefficient (Wildman–Crippen LogP) is 2.84. The standard InChI is InChI=1S/C7H9N.C5H11NO/c1-3-7-4-2-6-8(7)5-1;1-5(2,3)7-4-6/h1,3,5H,2,4,6H2;4,6H,1-3H3. The third-order valence-corrected chi connectivity index (χ3v) is 2.17. The summed E-state index contributed by atoms with van der Waals surface area (Å²) in [7, 11) is 0. The van der Waals surface area contributed by atoms with Crippen molar-refractivity contribution in [3.63, 3.8) is 0 Å². The van der Waals surface area contributed by atoms with Crippen molar-refractivity contribution in [1.29, 1.82) is 5.41 Å². The van der Waals surface area contributed by atoms with Gasteiger partial charge in [0, 0.05) is 18.4 Å². The summed E-state index contributed by atoms with van der Waals surface area (Å²) < 4.78 is 7.09. The molecule has 0 aromatic carbocycles. The van der Waals surface area contributed by atoms with E-state index in [2.05, 4.69) is 22.9 Å². The van der Waals surface area contributed by atoms with Crippen LogP contribution in [-0.4, -0.2) is 16.6 Å². The second-order valence-electron chi connectivity index (χ2n) is 4.64. The number of nitrogens with zero attached hydrogens (tertiary/aromatic N) is 1. The Bertz CT molecular complexity index is 291. The lowest BCUT2D eigenvalue weighted by atomic mass is 10.2. The summed E-state index contributed by atoms with van der Waals surface area (Å²) in [5.74, 6) is 0. The molecule has 0 saturated carbocycles. The van der Waals surface area contributed by atoms with Crippen LogP contribution >= 0.6 is 0 Å². The van der Waals surface area contributed by atoms with Crippen LogP contribution in [-0.2, 0) is 17.7 Å². The Hall–Kier alpha value is -1.25. The van der Waals surface area contributed by atoms with E-state index < -0.39 is 0 Å². The highest BCUT2D eigenvalue weighted by Crippen LogP contribution is 2.13. The maximum Gasteiger partial charge on any atom is 0.167 e. The number of nitrogens with one attached hydrogen (secondary N) is 1. The average Bonchev–Trinajstić information content (AvgIpc) is 2.60. The summed E-state index contributed by atoms with van der Waals surface area (Å²) in [6, 6.07) is 4.32. The number of aryl methyl sites for hydroxylation is 2. The zero-order valence-electron chi connectivity index (χ0n) is 9.79. The Morgan fingerprint density at radius 2 is 2.20 bits per heavy atom. The zero-order valence-corrected chi connectivity index (χ0v) is 9.79. The lowest BCUT2D eigenvalue weighted by molar-refractivity contribution is 0.125. The molecule has 1 aliphatic rings. The number of ether oxygens (including phenoxy) is 1. The molecule has 0 unspecified atom stereocenters. The maximum absolute atomic E-state index is 6.51. The van der Waals surface area contributed by atoms with E-state index in [0.29, 0.717) is 0 Å². The molecule has 0 aliphatic carbocycles. The third kappa shape index (κ3) is 4.19. The fourth-order valence-corrected chi connectivity index (χ4v) is 1.50. The van der Waals surface area contributed by atoms with Crippen LogP contribution in [0, 0.1) is 5.41 Å². The van der Waals surface area contributed by atoms with Crippen molar-refractivity contribution in [1.82, 2.24) is 4.57 Å². The van der Waals surface area contributed by atoms with Crippen molar-refractivity contribution in [3.05, 3.63) is 24.0 Å². The Balaban J connectivity index is 0.000000153. The molecule has 1 aliphatic heterocycles. The SMILES string of the molecule is CC(C)(C)OC=N.c1cc2n(c1)CCC2. The second-order valence-corrected chi connectivity index (χ2v) is 4.64. The summed E-state index contributed by atoms with van der Waals surface area (Å²) in [6.07, 6.45) is 5.74. The van der Waals surface area contributed by atoms with Gasteiger partial charge in [-0.1, -0.05) is 0 Å². The molecule has 3 heteroatoms. The number of fused-ring (bicyclic) bond motifs is 1. The molecule has 0 saturated heterocycles. The van der Waals surface area contributed by atoms with Crippen molar-refractivity contribution >= 4 is 6.40 Å². The highest BCUT2D eigenvalue weighted by molar-refractivity contribution is 5.41. The van der Waals surface area contributed by atoms with Gasteiger partial charge in [-0.2, -0.15) is 0 Å². The van der Waals surface area contributed by atoms with Gasteiger partial charge in [-0.05, 0) is 45.7 Å². The van der Waals surface area contributed by atoms with Crippen LogP contribution in [0.15, 0.2) is 18.3 Å². The molecule has 0 amide bonds. The molecule has 3 nitrogen and oxygen atoms in total. The molecule has 0 spiro atoms. The van der Waals surface area contributed by atoms with Crippen LogP contribution in [0.2, 0.25) is 0 Å². The lowest BCUT2D eigenvalue weighted by Gasteiger charge is -2.15. The van der Waals surface area contributed by atoms with Gasteiger partial charge in [0.1, 0.15) is 5.60 Å². The Morgan fingerprint density at radius 1 is 1.47 bits per heavy atom. The Morgan fingerprint density at radius 3 is 2.67 bits per heavy atom. The summed E-state index contributed by atoms with van der Waals surface area (Å²) >= 11 is 0. The Kier molecular flexibility index (Phi) is 3.95. The molecular formula is C12H20N2O. The zero-order chi connectivity index (χ0) is 11.3. The average molecular weight is 208 g/mol. The van der Waals surface area contributed by atoms with E-state index in [9.17, 15) is 0 Å². The van der Waals surface area contributed by atoms with Gasteiger partial charge in [-0.15, -0.1) is 0 Å². The summed E-state index contributed by atoms with van der Waals surface area (Å²) in [6.45, 7) is 6.94. The smallest absolute Gasteiger partial charge is 0.167 e. The highest BCUT2D eigenvalue weighted by Gasteiger charge is 2.06. The molecule has 0 atom stereocenters. The first-order valence-electron chi connectivity index (χ1n) is 5.34. The van der Waals surface area contributed by atoms with E-state index in [1.54, 1.807) is 0 Å². The van der Waals surface area contributed by atoms with Crippen molar-refractivity contribution in [2.75, 3.05) is 0 Å². The van der Waals surface area contributed by atoms with E-state index in [-0.39, 0.29) is 5.60 Å². The van der Waals surface area contributed by atoms with E-state index >= 15 is 0 Å². The molecule has 0 radical (unpaired) electrons. The van der Waals surface area contributed by atoms with Gasteiger partial charge < -0.3 is 9.30 Å². The monoisotopic (exact) mass is 208 g/mol. The van der Waals surface area contributed by atoms with Crippen LogP contribution in [0.4, 0.5) is 0 Å². The van der Waals surface area contributed by atoms with Crippen LogP contribution in [0.25, 0.3) is 0 Å². The van der Waals surface area contributed by atoms with Crippen LogP contribution < -0.4 is 0 Å². The minimum atomic E-state index is -0.193. The molecule has 1 N–H and O–H groups in total. The first-order chi connectivity index (χ1) is 7.03. The largest absolute Gasteiger partial charge is 0.478 e. The molecule has 84 valence electrons. The van der Waals surface area contributed by atoms with Crippen LogP contribution in [0.5, 0.6) is 0 Å². The van der Waals surface area contributed by atoms with Crippen molar-refractivity contribution < 1.29 is 4.74 Å². The quantitative estimate of drug-likeness (QED) is 0.559. The van der Waals surface area contributed by atoms with Crippen molar-refractivity contribution in [2.45, 2.75) is 45.8 Å². The van der Waals surface area contributed by atoms with Crippen molar-refractivity contribution in [2.24, 2.45) is 0 Å². The van der Waals surface area contributed by atoms with Crippen molar-refractivity contribution in [3.8, 4) is 0 Å². The molecule has 1 aromatic rings. The molecule has 2 rings (SSSR count). The van der Waals surface area contributed by atoms with Gasteiger partial charge in [0.15, 0.2) is 6.40 Å². The van der Waals surface area contributed by atoms with Crippen LogP contribution in [0.3, 0.4) is 0 Å². The highest BCUT2D eigenvalue weighted by atomic mass is 16.5. The number of hydrogen-bond donors (Lipinski definition) is 1. The fraction of sp³-hybridized carbons (Fsp3) is 0.583. The molecule has 15 heavy (non-hydrogen) atoms. The van der Waals surface area contributed by atoms with E-state index in [1.165, 1.54) is 25.1 Å². The van der Waals surface area contributed by atoms with E-state index in [1.807, 2.05) is 20.8 Å². The summed E-state index contributed by atoms with van der Waals surface area (Å²) in [4.78, 5) is 0. The first-order valence-corrected chi connectivity index (χ1v) is 5.34. The molecule has 1 aromatic heterocycles. The fourth-order valence-electron chi connectivity index (χ4n) is 1.50. The lowest BCUT2D eigenvalue weighted by Crippen LogP contribution is -2.17. The molecule has 0 fully saturated rings. The number of hydrogen-bond acceptors (Lipinski definition) is 2. The number of aromatic nitrogens is 1. The van der Waals surface area contributed by atoms with Gasteiger partial charge >= 0.3 is 0 Å². The van der Waals surface area contributed by atoms with Gasteiger partial charge in [-0.3, -0.25) is 5.41 Å². The topological polar surface area (TPSA) is 38.0 Å². The Labute approximate surface area is 91.6 Å². The minimum Gasteiger partial charge on any atom is -0.478 e.